The summed E-state index contributed by atoms with van der Waals surface area (Å²) in [7, 11) is 1.53. The molecule has 0 saturated carbocycles. The Morgan fingerprint density at radius 1 is 1.39 bits per heavy atom. The Hall–Kier alpha value is -1.99. The number of carbonyl (C=O) groups is 1. The number of rotatable bonds is 5. The Balaban J connectivity index is 2.09. The van der Waals surface area contributed by atoms with Crippen LogP contribution >= 0.6 is 23.4 Å². The van der Waals surface area contributed by atoms with Gasteiger partial charge in [-0.1, -0.05) is 23.4 Å². The van der Waals surface area contributed by atoms with E-state index in [2.05, 4.69) is 15.3 Å². The van der Waals surface area contributed by atoms with E-state index in [9.17, 15) is 4.79 Å². The molecule has 0 aliphatic carbocycles. The van der Waals surface area contributed by atoms with Crippen molar-refractivity contribution in [2.45, 2.75) is 24.3 Å². The number of thioether (sulfide) groups is 1. The highest BCUT2D eigenvalue weighted by Gasteiger charge is 2.18. The predicted octanol–water partition coefficient (Wildman–Crippen LogP) is 3.15. The minimum absolute atomic E-state index is 0.209. The number of nitrogen functional groups attached to an aromatic ring is 1. The normalized spacial score (nSPS) is 11.8. The quantitative estimate of drug-likeness (QED) is 0.634. The Bertz CT molecular complexity index is 706. The van der Waals surface area contributed by atoms with Crippen molar-refractivity contribution in [2.75, 3.05) is 18.2 Å². The van der Waals surface area contributed by atoms with Crippen LogP contribution in [0.15, 0.2) is 29.4 Å². The Morgan fingerprint density at radius 2 is 2.13 bits per heavy atom. The number of amides is 1. The monoisotopic (exact) mass is 352 g/mol. The highest BCUT2D eigenvalue weighted by atomic mass is 35.5. The standard InChI is InChI=1S/C15H17ClN4O2S/c1-8-6-13(17)20-15(18-8)23-9(2)14(21)19-11-7-10(16)4-5-12(11)22-3/h4-7,9H,1-3H3,(H,19,21)(H2,17,18,20). The van der Waals surface area contributed by atoms with Crippen LogP contribution in [0.4, 0.5) is 11.5 Å². The number of methoxy groups -OCH3 is 1. The van der Waals surface area contributed by atoms with Crippen LogP contribution in [-0.2, 0) is 4.79 Å². The summed E-state index contributed by atoms with van der Waals surface area (Å²) in [4.78, 5) is 20.7. The SMILES string of the molecule is COc1ccc(Cl)cc1NC(=O)C(C)Sc1nc(C)cc(N)n1. The minimum atomic E-state index is -0.417. The van der Waals surface area contributed by atoms with Crippen molar-refractivity contribution in [1.82, 2.24) is 9.97 Å². The molecule has 0 saturated heterocycles. The molecule has 1 atom stereocenters. The van der Waals surface area contributed by atoms with Crippen LogP contribution in [-0.4, -0.2) is 28.2 Å². The first-order valence-corrected chi connectivity index (χ1v) is 8.07. The van der Waals surface area contributed by atoms with Crippen molar-refractivity contribution < 1.29 is 9.53 Å². The molecule has 122 valence electrons. The molecule has 0 aliphatic heterocycles. The number of carbonyl (C=O) groups excluding carboxylic acids is 1. The fraction of sp³-hybridized carbons (Fsp3) is 0.267. The van der Waals surface area contributed by atoms with Crippen LogP contribution in [0.1, 0.15) is 12.6 Å². The van der Waals surface area contributed by atoms with Crippen molar-refractivity contribution in [3.8, 4) is 5.75 Å². The van der Waals surface area contributed by atoms with Gasteiger partial charge in [0.1, 0.15) is 11.6 Å². The van der Waals surface area contributed by atoms with Gasteiger partial charge >= 0.3 is 0 Å². The molecule has 23 heavy (non-hydrogen) atoms. The summed E-state index contributed by atoms with van der Waals surface area (Å²) in [6.45, 7) is 3.59. The van der Waals surface area contributed by atoms with Gasteiger partial charge in [-0.15, -0.1) is 0 Å². The molecule has 1 amide bonds. The average Bonchev–Trinajstić information content (AvgIpc) is 2.46. The van der Waals surface area contributed by atoms with Gasteiger partial charge in [0.15, 0.2) is 5.16 Å². The first kappa shape index (κ1) is 17.4. The van der Waals surface area contributed by atoms with Crippen molar-refractivity contribution in [1.29, 1.82) is 0 Å². The predicted molar refractivity (Wildman–Crippen MR) is 93.1 cm³/mol. The Labute approximate surface area is 143 Å². The molecule has 2 aromatic rings. The van der Waals surface area contributed by atoms with Gasteiger partial charge in [-0.05, 0) is 32.0 Å². The van der Waals surface area contributed by atoms with Crippen molar-refractivity contribution >= 4 is 40.8 Å². The van der Waals surface area contributed by atoms with Crippen LogP contribution < -0.4 is 15.8 Å². The molecule has 0 radical (unpaired) electrons. The van der Waals surface area contributed by atoms with Crippen molar-refractivity contribution in [3.05, 3.63) is 35.0 Å². The highest BCUT2D eigenvalue weighted by molar-refractivity contribution is 8.00. The topological polar surface area (TPSA) is 90.1 Å². The molecular formula is C15H17ClN4O2S. The summed E-state index contributed by atoms with van der Waals surface area (Å²) in [5.41, 5.74) is 6.96. The number of nitrogens with zero attached hydrogens (tertiary/aromatic N) is 2. The molecule has 1 aromatic heterocycles. The lowest BCUT2D eigenvalue weighted by Crippen LogP contribution is -2.23. The molecule has 0 fully saturated rings. The zero-order valence-electron chi connectivity index (χ0n) is 13.0. The largest absolute Gasteiger partial charge is 0.495 e. The molecule has 8 heteroatoms. The maximum Gasteiger partial charge on any atom is 0.237 e. The van der Waals surface area contributed by atoms with Crippen LogP contribution in [0.5, 0.6) is 5.75 Å². The van der Waals surface area contributed by atoms with Gasteiger partial charge in [0.25, 0.3) is 0 Å². The van der Waals surface area contributed by atoms with Gasteiger partial charge in [0.05, 0.1) is 18.0 Å². The third kappa shape index (κ3) is 4.74. The van der Waals surface area contributed by atoms with E-state index in [-0.39, 0.29) is 5.91 Å². The summed E-state index contributed by atoms with van der Waals surface area (Å²) < 4.78 is 5.21. The number of halogens is 1. The second-order valence-electron chi connectivity index (χ2n) is 4.81. The number of hydrogen-bond acceptors (Lipinski definition) is 6. The fourth-order valence-electron chi connectivity index (χ4n) is 1.84. The fourth-order valence-corrected chi connectivity index (χ4v) is 2.85. The van der Waals surface area contributed by atoms with Crippen molar-refractivity contribution in [3.63, 3.8) is 0 Å². The first-order valence-electron chi connectivity index (χ1n) is 6.81. The second-order valence-corrected chi connectivity index (χ2v) is 6.56. The van der Waals surface area contributed by atoms with Crippen LogP contribution in [0.25, 0.3) is 0 Å². The maximum atomic E-state index is 12.3. The Kier molecular flexibility index (Phi) is 5.68. The summed E-state index contributed by atoms with van der Waals surface area (Å²) >= 11 is 7.18. The summed E-state index contributed by atoms with van der Waals surface area (Å²) in [5, 5.41) is 3.35. The molecule has 2 rings (SSSR count). The van der Waals surface area contributed by atoms with E-state index in [1.165, 1.54) is 18.9 Å². The van der Waals surface area contributed by atoms with E-state index in [0.717, 1.165) is 5.69 Å². The number of benzene rings is 1. The average molecular weight is 353 g/mol. The second kappa shape index (κ2) is 7.52. The van der Waals surface area contributed by atoms with E-state index >= 15 is 0 Å². The van der Waals surface area contributed by atoms with Gasteiger partial charge in [-0.2, -0.15) is 0 Å². The van der Waals surface area contributed by atoms with E-state index in [1.807, 2.05) is 6.92 Å². The van der Waals surface area contributed by atoms with Gasteiger partial charge in [0, 0.05) is 16.8 Å². The summed E-state index contributed by atoms with van der Waals surface area (Å²) in [5.74, 6) is 0.708. The zero-order chi connectivity index (χ0) is 17.0. The van der Waals surface area contributed by atoms with Crippen molar-refractivity contribution in [2.24, 2.45) is 0 Å². The smallest absolute Gasteiger partial charge is 0.237 e. The number of hydrogen-bond donors (Lipinski definition) is 2. The molecule has 6 nitrogen and oxygen atoms in total. The minimum Gasteiger partial charge on any atom is -0.495 e. The van der Waals surface area contributed by atoms with Crippen LogP contribution in [0.3, 0.4) is 0 Å². The number of aryl methyl sites for hydroxylation is 1. The summed E-state index contributed by atoms with van der Waals surface area (Å²) in [6, 6.07) is 6.69. The molecule has 1 aromatic carbocycles. The van der Waals surface area contributed by atoms with E-state index in [4.69, 9.17) is 22.1 Å². The lowest BCUT2D eigenvalue weighted by Gasteiger charge is -2.14. The maximum absolute atomic E-state index is 12.3. The van der Waals surface area contributed by atoms with Gasteiger partial charge in [-0.3, -0.25) is 4.79 Å². The summed E-state index contributed by atoms with van der Waals surface area (Å²) in [6.07, 6.45) is 0. The number of nitrogens with two attached hydrogens (primary N) is 1. The van der Waals surface area contributed by atoms with Gasteiger partial charge in [-0.25, -0.2) is 9.97 Å². The molecule has 1 unspecified atom stereocenters. The molecule has 0 bridgehead atoms. The zero-order valence-corrected chi connectivity index (χ0v) is 14.5. The third-order valence-electron chi connectivity index (χ3n) is 2.92. The molecule has 3 N–H and O–H groups in total. The number of anilines is 2. The number of nitrogens with one attached hydrogen (secondary N) is 1. The van der Waals surface area contributed by atoms with Gasteiger partial charge < -0.3 is 15.8 Å². The third-order valence-corrected chi connectivity index (χ3v) is 4.12. The first-order chi connectivity index (χ1) is 10.9. The molecule has 1 heterocycles. The molecule has 0 spiro atoms. The highest BCUT2D eigenvalue weighted by Crippen LogP contribution is 2.29. The Morgan fingerprint density at radius 3 is 2.78 bits per heavy atom. The van der Waals surface area contributed by atoms with Gasteiger partial charge in [0.2, 0.25) is 5.91 Å². The number of ether oxygens (including phenoxy) is 1. The lowest BCUT2D eigenvalue weighted by molar-refractivity contribution is -0.115. The van der Waals surface area contributed by atoms with Crippen LogP contribution in [0, 0.1) is 6.92 Å². The van der Waals surface area contributed by atoms with E-state index in [1.54, 1.807) is 31.2 Å². The molecule has 0 aliphatic rings. The lowest BCUT2D eigenvalue weighted by atomic mass is 10.3. The van der Waals surface area contributed by atoms with E-state index in [0.29, 0.717) is 27.4 Å². The van der Waals surface area contributed by atoms with E-state index < -0.39 is 5.25 Å². The van der Waals surface area contributed by atoms with Crippen LogP contribution in [0.2, 0.25) is 5.02 Å². The molecular weight excluding hydrogens is 336 g/mol. The number of aromatic nitrogens is 2.